The van der Waals surface area contributed by atoms with Gasteiger partial charge in [-0.2, -0.15) is 0 Å². The van der Waals surface area contributed by atoms with E-state index < -0.39 is 29.7 Å². The molecule has 2 rings (SSSR count). The second kappa shape index (κ2) is 7.75. The van der Waals surface area contributed by atoms with Crippen molar-refractivity contribution in [2.24, 2.45) is 5.73 Å². The second-order valence-corrected chi connectivity index (χ2v) is 4.98. The van der Waals surface area contributed by atoms with Crippen LogP contribution in [-0.2, 0) is 14.2 Å². The fourth-order valence-electron chi connectivity index (χ4n) is 1.95. The van der Waals surface area contributed by atoms with Crippen molar-refractivity contribution in [1.29, 1.82) is 0 Å². The lowest BCUT2D eigenvalue weighted by Gasteiger charge is -2.16. The van der Waals surface area contributed by atoms with E-state index in [0.29, 0.717) is 18.5 Å². The number of hydrogen-bond donors (Lipinski definition) is 2. The summed E-state index contributed by atoms with van der Waals surface area (Å²) in [6.07, 6.45) is 3.33. The third-order valence-corrected chi connectivity index (χ3v) is 3.16. The van der Waals surface area contributed by atoms with E-state index in [9.17, 15) is 14.4 Å². The summed E-state index contributed by atoms with van der Waals surface area (Å²) < 4.78 is 16.5. The van der Waals surface area contributed by atoms with Gasteiger partial charge in [0, 0.05) is 11.8 Å². The van der Waals surface area contributed by atoms with Crippen LogP contribution in [0.25, 0.3) is 0 Å². The van der Waals surface area contributed by atoms with Crippen molar-refractivity contribution in [1.82, 2.24) is 9.55 Å². The topological polar surface area (TPSA) is 126 Å². The Hall–Kier alpha value is -2.39. The summed E-state index contributed by atoms with van der Waals surface area (Å²) in [5.41, 5.74) is 4.67. The van der Waals surface area contributed by atoms with Crippen molar-refractivity contribution in [3.8, 4) is 0 Å². The highest BCUT2D eigenvalue weighted by molar-refractivity contribution is 5.59. The zero-order chi connectivity index (χ0) is 16.8. The maximum Gasteiger partial charge on any atom is 0.508 e. The molecule has 0 amide bonds. The van der Waals surface area contributed by atoms with Crippen molar-refractivity contribution >= 4 is 6.16 Å². The molecule has 23 heavy (non-hydrogen) atoms. The van der Waals surface area contributed by atoms with Crippen molar-refractivity contribution in [2.45, 2.75) is 25.7 Å². The number of nitrogens with one attached hydrogen (secondary N) is 1. The molecular weight excluding hydrogens is 306 g/mol. The molecule has 1 aliphatic heterocycles. The van der Waals surface area contributed by atoms with Gasteiger partial charge < -0.3 is 19.9 Å². The van der Waals surface area contributed by atoms with Crippen LogP contribution in [0.5, 0.6) is 0 Å². The quantitative estimate of drug-likeness (QED) is 0.421. The highest BCUT2D eigenvalue weighted by Gasteiger charge is 2.23. The van der Waals surface area contributed by atoms with Crippen molar-refractivity contribution in [3.05, 3.63) is 44.8 Å². The molecule has 9 nitrogen and oxygen atoms in total. The zero-order valence-corrected chi connectivity index (χ0v) is 12.7. The fraction of sp³-hybridized carbons (Fsp3) is 0.500. The first-order valence-corrected chi connectivity index (χ1v) is 7.16. The van der Waals surface area contributed by atoms with Crippen LogP contribution < -0.4 is 17.0 Å². The number of nitrogens with two attached hydrogens (primary N) is 1. The smallest absolute Gasteiger partial charge is 0.434 e. The van der Waals surface area contributed by atoms with Gasteiger partial charge in [0.2, 0.25) is 0 Å². The minimum Gasteiger partial charge on any atom is -0.434 e. The number of carbonyl (C=O) groups excluding carboxylic acids is 1. The van der Waals surface area contributed by atoms with Gasteiger partial charge in [-0.1, -0.05) is 6.08 Å². The van der Waals surface area contributed by atoms with Crippen LogP contribution in [0.4, 0.5) is 4.79 Å². The van der Waals surface area contributed by atoms with E-state index in [-0.39, 0.29) is 13.2 Å². The van der Waals surface area contributed by atoms with Crippen molar-refractivity contribution in [2.75, 3.05) is 19.8 Å². The van der Waals surface area contributed by atoms with Gasteiger partial charge in [0.25, 0.3) is 5.56 Å². The molecule has 2 atom stereocenters. The molecule has 1 aromatic heterocycles. The predicted octanol–water partition coefficient (Wildman–Crippen LogP) is -0.199. The Morgan fingerprint density at radius 2 is 2.17 bits per heavy atom. The maximum atomic E-state index is 11.8. The summed E-state index contributed by atoms with van der Waals surface area (Å²) in [6, 6.07) is 0. The van der Waals surface area contributed by atoms with Crippen LogP contribution in [0.3, 0.4) is 0 Å². The summed E-state index contributed by atoms with van der Waals surface area (Å²) in [7, 11) is 0. The number of aromatic nitrogens is 2. The van der Waals surface area contributed by atoms with E-state index in [2.05, 4.69) is 4.98 Å². The average molecular weight is 325 g/mol. The van der Waals surface area contributed by atoms with Crippen molar-refractivity contribution < 1.29 is 19.0 Å². The van der Waals surface area contributed by atoms with Crippen LogP contribution in [0, 0.1) is 6.92 Å². The molecule has 0 aromatic carbocycles. The Bertz CT molecular complexity index is 692. The zero-order valence-electron chi connectivity index (χ0n) is 12.7. The fourth-order valence-corrected chi connectivity index (χ4v) is 1.95. The highest BCUT2D eigenvalue weighted by Crippen LogP contribution is 2.19. The van der Waals surface area contributed by atoms with E-state index >= 15 is 0 Å². The van der Waals surface area contributed by atoms with Crippen LogP contribution >= 0.6 is 0 Å². The van der Waals surface area contributed by atoms with E-state index in [0.717, 1.165) is 0 Å². The normalized spacial score (nSPS) is 19.7. The summed E-state index contributed by atoms with van der Waals surface area (Å²) in [6.45, 7) is 2.18. The molecule has 0 unspecified atom stereocenters. The van der Waals surface area contributed by atoms with Gasteiger partial charge in [0.15, 0.2) is 6.23 Å². The minimum absolute atomic E-state index is 0.0362. The molecule has 126 valence electrons. The average Bonchev–Trinajstić information content (AvgIpc) is 2.98. The molecule has 9 heteroatoms. The van der Waals surface area contributed by atoms with Crippen LogP contribution in [0.15, 0.2) is 27.9 Å². The molecule has 1 aromatic rings. The van der Waals surface area contributed by atoms with E-state index in [1.165, 1.54) is 10.8 Å². The van der Waals surface area contributed by atoms with Gasteiger partial charge in [-0.25, -0.2) is 9.59 Å². The Morgan fingerprint density at radius 3 is 2.91 bits per heavy atom. The number of carbonyl (C=O) groups is 1. The number of rotatable bonds is 6. The highest BCUT2D eigenvalue weighted by atomic mass is 16.7. The molecule has 0 spiro atoms. The standard InChI is InChI=1S/C14H19N3O6/c1-9-7-17(13(19)16-12(9)18)11-4-3-10(23-11)8-22-14(20)21-6-2-5-15/h3-4,7,10-11H,2,5-6,8,15H2,1H3,(H,16,18,19)/t10-,11+/m0/s1. The Balaban J connectivity index is 1.86. The molecule has 0 saturated carbocycles. The van der Waals surface area contributed by atoms with Crippen LogP contribution in [0.1, 0.15) is 18.2 Å². The molecule has 0 saturated heterocycles. The molecule has 2 heterocycles. The molecule has 0 radical (unpaired) electrons. The van der Waals surface area contributed by atoms with Crippen LogP contribution in [-0.4, -0.2) is 41.6 Å². The number of aryl methyl sites for hydroxylation is 1. The molecule has 1 aliphatic rings. The lowest BCUT2D eigenvalue weighted by atomic mass is 10.3. The summed E-state index contributed by atoms with van der Waals surface area (Å²) >= 11 is 0. The maximum absolute atomic E-state index is 11.8. The summed E-state index contributed by atoms with van der Waals surface area (Å²) in [4.78, 5) is 36.6. The first-order chi connectivity index (χ1) is 11.0. The van der Waals surface area contributed by atoms with E-state index in [1.807, 2.05) is 0 Å². The van der Waals surface area contributed by atoms with E-state index in [1.54, 1.807) is 19.1 Å². The number of aromatic amines is 1. The lowest BCUT2D eigenvalue weighted by Crippen LogP contribution is -2.33. The number of nitrogens with zero attached hydrogens (tertiary/aromatic N) is 1. The first-order valence-electron chi connectivity index (χ1n) is 7.16. The van der Waals surface area contributed by atoms with Gasteiger partial charge in [-0.15, -0.1) is 0 Å². The first kappa shape index (κ1) is 17.0. The van der Waals surface area contributed by atoms with Gasteiger partial charge in [-0.05, 0) is 26.0 Å². The Labute approximate surface area is 131 Å². The summed E-state index contributed by atoms with van der Waals surface area (Å²) in [5.74, 6) is 0. The Kier molecular flexibility index (Phi) is 5.72. The van der Waals surface area contributed by atoms with Gasteiger partial charge in [0.05, 0.1) is 6.61 Å². The van der Waals surface area contributed by atoms with E-state index in [4.69, 9.17) is 19.9 Å². The SMILES string of the molecule is Cc1cn([C@H]2C=C[C@@H](COC(=O)OCCCN)O2)c(=O)[nH]c1=O. The third-order valence-electron chi connectivity index (χ3n) is 3.16. The predicted molar refractivity (Wildman–Crippen MR) is 80.1 cm³/mol. The van der Waals surface area contributed by atoms with Gasteiger partial charge >= 0.3 is 11.8 Å². The monoisotopic (exact) mass is 325 g/mol. The molecule has 0 aliphatic carbocycles. The second-order valence-electron chi connectivity index (χ2n) is 4.98. The molecule has 0 fully saturated rings. The van der Waals surface area contributed by atoms with Crippen molar-refractivity contribution in [3.63, 3.8) is 0 Å². The van der Waals surface area contributed by atoms with Crippen LogP contribution in [0.2, 0.25) is 0 Å². The Morgan fingerprint density at radius 1 is 1.39 bits per heavy atom. The third kappa shape index (κ3) is 4.54. The number of ether oxygens (including phenoxy) is 3. The lowest BCUT2D eigenvalue weighted by molar-refractivity contribution is -0.0288. The number of hydrogen-bond acceptors (Lipinski definition) is 7. The minimum atomic E-state index is -0.795. The molecular formula is C14H19N3O6. The van der Waals surface area contributed by atoms with Gasteiger partial charge in [-0.3, -0.25) is 14.3 Å². The number of H-pyrrole nitrogens is 1. The largest absolute Gasteiger partial charge is 0.508 e. The van der Waals surface area contributed by atoms with Gasteiger partial charge in [0.1, 0.15) is 12.7 Å². The molecule has 3 N–H and O–H groups in total. The summed E-state index contributed by atoms with van der Waals surface area (Å²) in [5, 5.41) is 0. The molecule has 0 bridgehead atoms.